The zero-order valence-corrected chi connectivity index (χ0v) is 7.78. The highest BCUT2D eigenvalue weighted by atomic mass is 32.2. The SMILES string of the molecule is CC1COC(C(C)C)CS1. The fourth-order valence-electron chi connectivity index (χ4n) is 0.999. The Kier molecular flexibility index (Phi) is 3.05. The smallest absolute Gasteiger partial charge is 0.0688 e. The largest absolute Gasteiger partial charge is 0.376 e. The Bertz CT molecular complexity index is 95.4. The van der Waals surface area contributed by atoms with E-state index < -0.39 is 0 Å². The summed E-state index contributed by atoms with van der Waals surface area (Å²) in [6.45, 7) is 7.61. The molecule has 0 radical (unpaired) electrons. The standard InChI is InChI=1S/C8H16OS/c1-6(2)8-5-10-7(3)4-9-8/h6-8H,4-5H2,1-3H3. The van der Waals surface area contributed by atoms with Crippen LogP contribution in [0, 0.1) is 5.92 Å². The summed E-state index contributed by atoms with van der Waals surface area (Å²) in [6.07, 6.45) is 0.501. The van der Waals surface area contributed by atoms with Crippen molar-refractivity contribution in [3.8, 4) is 0 Å². The lowest BCUT2D eigenvalue weighted by molar-refractivity contribution is 0.0346. The van der Waals surface area contributed by atoms with Crippen LogP contribution in [0.4, 0.5) is 0 Å². The van der Waals surface area contributed by atoms with Crippen LogP contribution in [0.2, 0.25) is 0 Å². The van der Waals surface area contributed by atoms with Gasteiger partial charge in [-0.15, -0.1) is 0 Å². The number of ether oxygens (including phenoxy) is 1. The van der Waals surface area contributed by atoms with Gasteiger partial charge in [-0.25, -0.2) is 0 Å². The second-order valence-electron chi connectivity index (χ2n) is 3.26. The van der Waals surface area contributed by atoms with Gasteiger partial charge >= 0.3 is 0 Å². The van der Waals surface area contributed by atoms with Gasteiger partial charge in [-0.1, -0.05) is 20.8 Å². The summed E-state index contributed by atoms with van der Waals surface area (Å²) in [5, 5.41) is 0.704. The zero-order chi connectivity index (χ0) is 7.56. The average molecular weight is 160 g/mol. The normalized spacial score (nSPS) is 34.8. The van der Waals surface area contributed by atoms with E-state index in [9.17, 15) is 0 Å². The molecule has 0 aromatic rings. The Morgan fingerprint density at radius 2 is 2.20 bits per heavy atom. The lowest BCUT2D eigenvalue weighted by Gasteiger charge is -2.28. The van der Waals surface area contributed by atoms with Crippen LogP contribution in [0.25, 0.3) is 0 Å². The highest BCUT2D eigenvalue weighted by Crippen LogP contribution is 2.23. The molecule has 0 saturated carbocycles. The summed E-state index contributed by atoms with van der Waals surface area (Å²) in [4.78, 5) is 0. The Morgan fingerprint density at radius 3 is 2.60 bits per heavy atom. The number of rotatable bonds is 1. The van der Waals surface area contributed by atoms with Crippen LogP contribution in [0.5, 0.6) is 0 Å². The Labute approximate surface area is 67.5 Å². The number of hydrogen-bond donors (Lipinski definition) is 0. The first kappa shape index (κ1) is 8.41. The Hall–Kier alpha value is 0.310. The van der Waals surface area contributed by atoms with Gasteiger partial charge in [-0.05, 0) is 5.92 Å². The van der Waals surface area contributed by atoms with E-state index in [2.05, 4.69) is 20.8 Å². The number of thioether (sulfide) groups is 1. The molecule has 0 aromatic heterocycles. The van der Waals surface area contributed by atoms with Crippen LogP contribution in [0.1, 0.15) is 20.8 Å². The van der Waals surface area contributed by atoms with Crippen molar-refractivity contribution in [3.05, 3.63) is 0 Å². The molecule has 2 atom stereocenters. The Balaban J connectivity index is 2.26. The fourth-order valence-corrected chi connectivity index (χ4v) is 2.17. The topological polar surface area (TPSA) is 9.23 Å². The molecule has 10 heavy (non-hydrogen) atoms. The molecular weight excluding hydrogens is 144 g/mol. The van der Waals surface area contributed by atoms with Gasteiger partial charge in [0.2, 0.25) is 0 Å². The van der Waals surface area contributed by atoms with Gasteiger partial charge in [-0.2, -0.15) is 11.8 Å². The third kappa shape index (κ3) is 2.17. The van der Waals surface area contributed by atoms with E-state index in [1.54, 1.807) is 0 Å². The van der Waals surface area contributed by atoms with E-state index in [1.165, 1.54) is 5.75 Å². The quantitative estimate of drug-likeness (QED) is 0.581. The lowest BCUT2D eigenvalue weighted by Crippen LogP contribution is -2.31. The van der Waals surface area contributed by atoms with Crippen molar-refractivity contribution in [1.82, 2.24) is 0 Å². The van der Waals surface area contributed by atoms with Crippen molar-refractivity contribution >= 4 is 11.8 Å². The van der Waals surface area contributed by atoms with Gasteiger partial charge in [0, 0.05) is 11.0 Å². The highest BCUT2D eigenvalue weighted by molar-refractivity contribution is 8.00. The third-order valence-electron chi connectivity index (χ3n) is 1.83. The van der Waals surface area contributed by atoms with E-state index in [0.717, 1.165) is 6.61 Å². The van der Waals surface area contributed by atoms with Gasteiger partial charge < -0.3 is 4.74 Å². The van der Waals surface area contributed by atoms with Crippen molar-refractivity contribution in [2.75, 3.05) is 12.4 Å². The van der Waals surface area contributed by atoms with Gasteiger partial charge in [0.1, 0.15) is 0 Å². The van der Waals surface area contributed by atoms with Gasteiger partial charge in [0.25, 0.3) is 0 Å². The van der Waals surface area contributed by atoms with Crippen LogP contribution in [-0.4, -0.2) is 23.7 Å². The number of hydrogen-bond acceptors (Lipinski definition) is 2. The molecule has 0 amide bonds. The van der Waals surface area contributed by atoms with Crippen molar-refractivity contribution in [1.29, 1.82) is 0 Å². The molecule has 2 heteroatoms. The maximum absolute atomic E-state index is 5.63. The summed E-state index contributed by atoms with van der Waals surface area (Å²) >= 11 is 2.03. The molecule has 0 aromatic carbocycles. The average Bonchev–Trinajstić information content (AvgIpc) is 1.88. The summed E-state index contributed by atoms with van der Waals surface area (Å²) in [5.41, 5.74) is 0. The maximum Gasteiger partial charge on any atom is 0.0688 e. The molecule has 1 nitrogen and oxygen atoms in total. The van der Waals surface area contributed by atoms with E-state index in [4.69, 9.17) is 4.74 Å². The van der Waals surface area contributed by atoms with Crippen molar-refractivity contribution in [2.45, 2.75) is 32.1 Å². The van der Waals surface area contributed by atoms with Crippen LogP contribution in [-0.2, 0) is 4.74 Å². The molecule has 0 bridgehead atoms. The zero-order valence-electron chi connectivity index (χ0n) is 6.96. The lowest BCUT2D eigenvalue weighted by atomic mass is 10.1. The molecule has 1 fully saturated rings. The monoisotopic (exact) mass is 160 g/mol. The summed E-state index contributed by atoms with van der Waals surface area (Å²) < 4.78 is 5.63. The second kappa shape index (κ2) is 3.63. The second-order valence-corrected chi connectivity index (χ2v) is 4.73. The van der Waals surface area contributed by atoms with Crippen LogP contribution in [0.3, 0.4) is 0 Å². The maximum atomic E-state index is 5.63. The molecule has 0 spiro atoms. The van der Waals surface area contributed by atoms with Gasteiger partial charge in [-0.3, -0.25) is 0 Å². The van der Waals surface area contributed by atoms with Gasteiger partial charge in [0.15, 0.2) is 0 Å². The Morgan fingerprint density at radius 1 is 1.50 bits per heavy atom. The highest BCUT2D eigenvalue weighted by Gasteiger charge is 2.21. The minimum atomic E-state index is 0.501. The summed E-state index contributed by atoms with van der Waals surface area (Å²) in [7, 11) is 0. The molecule has 60 valence electrons. The molecular formula is C8H16OS. The first-order valence-corrected chi connectivity index (χ1v) is 4.98. The molecule has 1 heterocycles. The fraction of sp³-hybridized carbons (Fsp3) is 1.00. The molecule has 0 N–H and O–H groups in total. The first-order valence-electron chi connectivity index (χ1n) is 3.93. The molecule has 1 saturated heterocycles. The third-order valence-corrected chi connectivity index (χ3v) is 3.06. The van der Waals surface area contributed by atoms with E-state index >= 15 is 0 Å². The van der Waals surface area contributed by atoms with Crippen LogP contribution < -0.4 is 0 Å². The van der Waals surface area contributed by atoms with Gasteiger partial charge in [0.05, 0.1) is 12.7 Å². The molecule has 1 rings (SSSR count). The van der Waals surface area contributed by atoms with E-state index in [-0.39, 0.29) is 0 Å². The predicted molar refractivity (Wildman–Crippen MR) is 46.5 cm³/mol. The first-order chi connectivity index (χ1) is 4.70. The van der Waals surface area contributed by atoms with Crippen molar-refractivity contribution < 1.29 is 4.74 Å². The van der Waals surface area contributed by atoms with Crippen LogP contribution in [0.15, 0.2) is 0 Å². The minimum Gasteiger partial charge on any atom is -0.376 e. The summed E-state index contributed by atoms with van der Waals surface area (Å²) in [5.74, 6) is 1.86. The van der Waals surface area contributed by atoms with Crippen molar-refractivity contribution in [2.24, 2.45) is 5.92 Å². The molecule has 1 aliphatic heterocycles. The predicted octanol–water partition coefficient (Wildman–Crippen LogP) is 2.16. The summed E-state index contributed by atoms with van der Waals surface area (Å²) in [6, 6.07) is 0. The van der Waals surface area contributed by atoms with Crippen molar-refractivity contribution in [3.63, 3.8) is 0 Å². The van der Waals surface area contributed by atoms with E-state index in [0.29, 0.717) is 17.3 Å². The minimum absolute atomic E-state index is 0.501. The van der Waals surface area contributed by atoms with E-state index in [1.807, 2.05) is 11.8 Å². The van der Waals surface area contributed by atoms with Crippen LogP contribution >= 0.6 is 11.8 Å². The molecule has 2 unspecified atom stereocenters. The molecule has 0 aliphatic carbocycles. The molecule has 1 aliphatic rings.